The van der Waals surface area contributed by atoms with Crippen LogP contribution in [0.2, 0.25) is 0 Å². The van der Waals surface area contributed by atoms with Crippen molar-refractivity contribution in [2.24, 2.45) is 17.3 Å². The van der Waals surface area contributed by atoms with E-state index >= 15 is 0 Å². The highest BCUT2D eigenvalue weighted by atomic mass is 16.2. The summed E-state index contributed by atoms with van der Waals surface area (Å²) in [5, 5.41) is 0. The summed E-state index contributed by atoms with van der Waals surface area (Å²) < 4.78 is 0. The third-order valence-corrected chi connectivity index (χ3v) is 6.00. The largest absolute Gasteiger partial charge is 0.342 e. The number of amides is 1. The minimum Gasteiger partial charge on any atom is -0.342 e. The van der Waals surface area contributed by atoms with Crippen molar-refractivity contribution in [3.63, 3.8) is 0 Å². The first-order chi connectivity index (χ1) is 9.10. The molecule has 2 aliphatic rings. The minimum absolute atomic E-state index is 0.340. The van der Waals surface area contributed by atoms with Gasteiger partial charge in [-0.1, -0.05) is 33.6 Å². The van der Waals surface area contributed by atoms with Crippen molar-refractivity contribution in [2.45, 2.75) is 72.1 Å². The Morgan fingerprint density at radius 2 is 1.58 bits per heavy atom. The molecule has 0 spiro atoms. The van der Waals surface area contributed by atoms with Crippen molar-refractivity contribution < 1.29 is 4.79 Å². The van der Waals surface area contributed by atoms with Crippen molar-refractivity contribution in [3.05, 3.63) is 0 Å². The van der Waals surface area contributed by atoms with Gasteiger partial charge in [-0.2, -0.15) is 0 Å². The summed E-state index contributed by atoms with van der Waals surface area (Å²) in [6.07, 6.45) is 9.73. The summed E-state index contributed by atoms with van der Waals surface area (Å²) in [5.41, 5.74) is 0.526. The van der Waals surface area contributed by atoms with Crippen LogP contribution in [0.15, 0.2) is 0 Å². The van der Waals surface area contributed by atoms with Crippen molar-refractivity contribution in [1.82, 2.24) is 4.90 Å². The molecule has 2 heteroatoms. The third-order valence-electron chi connectivity index (χ3n) is 6.00. The molecule has 1 heterocycles. The molecule has 110 valence electrons. The van der Waals surface area contributed by atoms with Gasteiger partial charge in [0.2, 0.25) is 5.91 Å². The number of hydrogen-bond donors (Lipinski definition) is 0. The van der Waals surface area contributed by atoms with E-state index in [1.165, 1.54) is 38.5 Å². The number of carbonyl (C=O) groups excluding carboxylic acids is 1. The SMILES string of the molecule is CCC1(CC)CCN(C(=O)C2CCC(C)CC2)CC1. The first-order valence-electron chi connectivity index (χ1n) is 8.39. The summed E-state index contributed by atoms with van der Waals surface area (Å²) in [5.74, 6) is 1.64. The zero-order valence-electron chi connectivity index (χ0n) is 13.1. The van der Waals surface area contributed by atoms with E-state index in [4.69, 9.17) is 0 Å². The second-order valence-corrected chi connectivity index (χ2v) is 6.99. The molecule has 0 N–H and O–H groups in total. The third kappa shape index (κ3) is 3.32. The number of likely N-dealkylation sites (tertiary alicyclic amines) is 1. The Kier molecular flexibility index (Phi) is 4.92. The number of rotatable bonds is 3. The molecule has 2 nitrogen and oxygen atoms in total. The van der Waals surface area contributed by atoms with E-state index in [0.717, 1.165) is 31.8 Å². The molecule has 0 bridgehead atoms. The van der Waals surface area contributed by atoms with Crippen LogP contribution in [0.1, 0.15) is 72.1 Å². The maximum Gasteiger partial charge on any atom is 0.225 e. The second-order valence-electron chi connectivity index (χ2n) is 6.99. The monoisotopic (exact) mass is 265 g/mol. The van der Waals surface area contributed by atoms with Crippen LogP contribution < -0.4 is 0 Å². The summed E-state index contributed by atoms with van der Waals surface area (Å²) >= 11 is 0. The van der Waals surface area contributed by atoms with Crippen LogP contribution in [0.5, 0.6) is 0 Å². The molecule has 0 atom stereocenters. The van der Waals surface area contributed by atoms with E-state index < -0.39 is 0 Å². The summed E-state index contributed by atoms with van der Waals surface area (Å²) in [6, 6.07) is 0. The number of hydrogen-bond acceptors (Lipinski definition) is 1. The highest BCUT2D eigenvalue weighted by molar-refractivity contribution is 5.79. The standard InChI is InChI=1S/C17H31NO/c1-4-17(5-2)10-12-18(13-11-17)16(19)15-8-6-14(3)7-9-15/h14-15H,4-13H2,1-3H3. The van der Waals surface area contributed by atoms with E-state index in [9.17, 15) is 4.79 Å². The quantitative estimate of drug-likeness (QED) is 0.747. The molecular weight excluding hydrogens is 234 g/mol. The van der Waals surface area contributed by atoms with Crippen LogP contribution in [-0.4, -0.2) is 23.9 Å². The van der Waals surface area contributed by atoms with Gasteiger partial charge >= 0.3 is 0 Å². The van der Waals surface area contributed by atoms with Gasteiger partial charge in [0.1, 0.15) is 0 Å². The molecule has 1 aliphatic carbocycles. The molecule has 0 aromatic rings. The van der Waals surface area contributed by atoms with Gasteiger partial charge in [0.05, 0.1) is 0 Å². The zero-order chi connectivity index (χ0) is 13.9. The van der Waals surface area contributed by atoms with Crippen molar-refractivity contribution in [3.8, 4) is 0 Å². The molecule has 1 amide bonds. The number of carbonyl (C=O) groups is 1. The lowest BCUT2D eigenvalue weighted by Crippen LogP contribution is -2.45. The molecule has 1 aliphatic heterocycles. The lowest BCUT2D eigenvalue weighted by atomic mass is 9.73. The molecule has 2 fully saturated rings. The Labute approximate surface area is 118 Å². The summed E-state index contributed by atoms with van der Waals surface area (Å²) in [4.78, 5) is 14.7. The molecule has 1 saturated carbocycles. The van der Waals surface area contributed by atoms with Gasteiger partial charge in [0.15, 0.2) is 0 Å². The fraction of sp³-hybridized carbons (Fsp3) is 0.941. The van der Waals surface area contributed by atoms with E-state index in [2.05, 4.69) is 25.7 Å². The van der Waals surface area contributed by atoms with Crippen LogP contribution in [0.3, 0.4) is 0 Å². The molecule has 0 aromatic heterocycles. The maximum absolute atomic E-state index is 12.6. The molecule has 0 unspecified atom stereocenters. The van der Waals surface area contributed by atoms with Crippen LogP contribution in [0.4, 0.5) is 0 Å². The lowest BCUT2D eigenvalue weighted by Gasteiger charge is -2.42. The average Bonchev–Trinajstić information content (AvgIpc) is 2.47. The normalized spacial score (nSPS) is 31.2. The van der Waals surface area contributed by atoms with E-state index in [-0.39, 0.29) is 0 Å². The number of nitrogens with zero attached hydrogens (tertiary/aromatic N) is 1. The predicted molar refractivity (Wildman–Crippen MR) is 80.0 cm³/mol. The van der Waals surface area contributed by atoms with Crippen LogP contribution in [-0.2, 0) is 4.79 Å². The molecule has 0 aromatic carbocycles. The van der Waals surface area contributed by atoms with Crippen LogP contribution in [0.25, 0.3) is 0 Å². The van der Waals surface area contributed by atoms with Gasteiger partial charge < -0.3 is 4.90 Å². The van der Waals surface area contributed by atoms with Gasteiger partial charge in [0.25, 0.3) is 0 Å². The highest BCUT2D eigenvalue weighted by Gasteiger charge is 2.35. The van der Waals surface area contributed by atoms with Crippen molar-refractivity contribution >= 4 is 5.91 Å². The van der Waals surface area contributed by atoms with Gasteiger partial charge in [-0.3, -0.25) is 4.79 Å². The lowest BCUT2D eigenvalue weighted by molar-refractivity contribution is -0.139. The Bertz CT molecular complexity index is 290. The van der Waals surface area contributed by atoms with Gasteiger partial charge in [0, 0.05) is 19.0 Å². The fourth-order valence-corrected chi connectivity index (χ4v) is 3.92. The second kappa shape index (κ2) is 6.28. The van der Waals surface area contributed by atoms with Gasteiger partial charge in [-0.25, -0.2) is 0 Å². The molecule has 0 radical (unpaired) electrons. The predicted octanol–water partition coefficient (Wildman–Crippen LogP) is 4.24. The van der Waals surface area contributed by atoms with Gasteiger partial charge in [-0.05, 0) is 49.9 Å². The Morgan fingerprint density at radius 1 is 1.05 bits per heavy atom. The molecule has 2 rings (SSSR count). The van der Waals surface area contributed by atoms with E-state index in [1.807, 2.05) is 0 Å². The topological polar surface area (TPSA) is 20.3 Å². The van der Waals surface area contributed by atoms with Crippen LogP contribution in [0, 0.1) is 17.3 Å². The van der Waals surface area contributed by atoms with Gasteiger partial charge in [-0.15, -0.1) is 0 Å². The maximum atomic E-state index is 12.6. The minimum atomic E-state index is 0.340. The Morgan fingerprint density at radius 3 is 2.05 bits per heavy atom. The number of piperidine rings is 1. The summed E-state index contributed by atoms with van der Waals surface area (Å²) in [6.45, 7) is 8.95. The summed E-state index contributed by atoms with van der Waals surface area (Å²) in [7, 11) is 0. The molecular formula is C17H31NO. The fourth-order valence-electron chi connectivity index (χ4n) is 3.92. The smallest absolute Gasteiger partial charge is 0.225 e. The zero-order valence-corrected chi connectivity index (χ0v) is 13.1. The Hall–Kier alpha value is -0.530. The first kappa shape index (κ1) is 14.9. The molecule has 19 heavy (non-hydrogen) atoms. The average molecular weight is 265 g/mol. The first-order valence-corrected chi connectivity index (χ1v) is 8.39. The highest BCUT2D eigenvalue weighted by Crippen LogP contribution is 2.39. The van der Waals surface area contributed by atoms with Crippen LogP contribution >= 0.6 is 0 Å². The molecule has 1 saturated heterocycles. The van der Waals surface area contributed by atoms with Crippen molar-refractivity contribution in [1.29, 1.82) is 0 Å². The van der Waals surface area contributed by atoms with E-state index in [1.54, 1.807) is 0 Å². The van der Waals surface area contributed by atoms with E-state index in [0.29, 0.717) is 17.2 Å². The Balaban J connectivity index is 1.85. The van der Waals surface area contributed by atoms with Crippen molar-refractivity contribution in [2.75, 3.05) is 13.1 Å².